The Morgan fingerprint density at radius 1 is 1.23 bits per heavy atom. The molecule has 0 radical (unpaired) electrons. The summed E-state index contributed by atoms with van der Waals surface area (Å²) in [5.74, 6) is -0.230. The third-order valence-electron chi connectivity index (χ3n) is 4.52. The van der Waals surface area contributed by atoms with Gasteiger partial charge in [-0.2, -0.15) is 0 Å². The molecule has 26 heavy (non-hydrogen) atoms. The number of aromatic nitrogens is 1. The second-order valence-electron chi connectivity index (χ2n) is 6.05. The van der Waals surface area contributed by atoms with Gasteiger partial charge in [0.2, 0.25) is 5.78 Å². The molecule has 0 atom stereocenters. The van der Waals surface area contributed by atoms with Crippen LogP contribution in [0.1, 0.15) is 24.2 Å². The van der Waals surface area contributed by atoms with Crippen molar-refractivity contribution in [2.24, 2.45) is 0 Å². The molecular formula is C20H18N2O4. The average Bonchev–Trinajstić information content (AvgIpc) is 2.88. The monoisotopic (exact) mass is 350 g/mol. The molecule has 0 aliphatic carbocycles. The van der Waals surface area contributed by atoms with Crippen LogP contribution >= 0.6 is 0 Å². The maximum absolute atomic E-state index is 12.9. The van der Waals surface area contributed by atoms with Crippen LogP contribution in [0.25, 0.3) is 21.8 Å². The van der Waals surface area contributed by atoms with Crippen LogP contribution in [0.2, 0.25) is 0 Å². The van der Waals surface area contributed by atoms with Crippen molar-refractivity contribution in [3.05, 3.63) is 53.7 Å². The number of aryl methyl sites for hydroxylation is 1. The molecule has 1 N–H and O–H groups in total. The number of hydrogen-bond acceptors (Lipinski definition) is 5. The Morgan fingerprint density at radius 2 is 2.04 bits per heavy atom. The van der Waals surface area contributed by atoms with Gasteiger partial charge in [0.05, 0.1) is 16.5 Å². The number of benzene rings is 2. The predicted molar refractivity (Wildman–Crippen MR) is 97.9 cm³/mol. The largest absolute Gasteiger partial charge is 0.488 e. The van der Waals surface area contributed by atoms with Crippen LogP contribution in [-0.2, 0) is 16.2 Å². The molecule has 0 spiro atoms. The van der Waals surface area contributed by atoms with Crippen molar-refractivity contribution in [1.82, 2.24) is 10.0 Å². The summed E-state index contributed by atoms with van der Waals surface area (Å²) in [7, 11) is 0. The molecule has 1 aromatic heterocycles. The summed E-state index contributed by atoms with van der Waals surface area (Å²) in [4.78, 5) is 28.7. The SMILES string of the molecule is CCn1c2ccccc2c2c3c(ccc21)C(=O)C(NOC(C)=O)=CCO3. The van der Waals surface area contributed by atoms with Gasteiger partial charge in [-0.1, -0.05) is 18.2 Å². The summed E-state index contributed by atoms with van der Waals surface area (Å²) >= 11 is 0. The van der Waals surface area contributed by atoms with Crippen molar-refractivity contribution < 1.29 is 19.2 Å². The first kappa shape index (κ1) is 16.2. The summed E-state index contributed by atoms with van der Waals surface area (Å²) in [6.07, 6.45) is 1.58. The lowest BCUT2D eigenvalue weighted by Crippen LogP contribution is -2.23. The van der Waals surface area contributed by atoms with Gasteiger partial charge in [-0.25, -0.2) is 5.48 Å². The van der Waals surface area contributed by atoms with Crippen LogP contribution in [0.4, 0.5) is 0 Å². The highest BCUT2D eigenvalue weighted by atomic mass is 16.7. The molecule has 0 bridgehead atoms. The first-order chi connectivity index (χ1) is 12.6. The third kappa shape index (κ3) is 2.42. The minimum Gasteiger partial charge on any atom is -0.488 e. The van der Waals surface area contributed by atoms with Crippen molar-refractivity contribution in [2.75, 3.05) is 6.61 Å². The maximum Gasteiger partial charge on any atom is 0.329 e. The van der Waals surface area contributed by atoms with Gasteiger partial charge in [-0.05, 0) is 31.2 Å². The fourth-order valence-corrected chi connectivity index (χ4v) is 3.44. The van der Waals surface area contributed by atoms with Gasteiger partial charge in [-0.15, -0.1) is 0 Å². The fraction of sp³-hybridized carbons (Fsp3) is 0.200. The summed E-state index contributed by atoms with van der Waals surface area (Å²) in [6.45, 7) is 4.37. The Balaban J connectivity index is 1.91. The van der Waals surface area contributed by atoms with E-state index in [-0.39, 0.29) is 18.1 Å². The van der Waals surface area contributed by atoms with E-state index in [1.165, 1.54) is 6.92 Å². The molecule has 0 unspecified atom stereocenters. The molecule has 0 fully saturated rings. The van der Waals surface area contributed by atoms with Crippen LogP contribution in [0, 0.1) is 0 Å². The molecule has 0 amide bonds. The molecule has 2 heterocycles. The highest BCUT2D eigenvalue weighted by molar-refractivity contribution is 6.18. The molecular weight excluding hydrogens is 332 g/mol. The van der Waals surface area contributed by atoms with E-state index in [1.807, 2.05) is 24.3 Å². The number of Topliss-reactive ketones (excluding diaryl/α,β-unsaturated/α-hetero) is 1. The molecule has 6 heteroatoms. The summed E-state index contributed by atoms with van der Waals surface area (Å²) in [5, 5.41) is 1.97. The minimum absolute atomic E-state index is 0.192. The smallest absolute Gasteiger partial charge is 0.329 e. The number of nitrogens with zero attached hydrogens (tertiary/aromatic N) is 1. The molecule has 3 aromatic rings. The number of hydroxylamine groups is 1. The van der Waals surface area contributed by atoms with Gasteiger partial charge in [-0.3, -0.25) is 9.59 Å². The van der Waals surface area contributed by atoms with Crippen molar-refractivity contribution in [3.8, 4) is 5.75 Å². The summed E-state index contributed by atoms with van der Waals surface area (Å²) in [5.41, 5.74) is 5.19. The Labute approximate surface area is 149 Å². The van der Waals surface area contributed by atoms with E-state index >= 15 is 0 Å². The fourth-order valence-electron chi connectivity index (χ4n) is 3.44. The standard InChI is InChI=1S/C20H18N2O4/c1-3-22-16-7-5-4-6-13(16)18-17(22)9-8-14-19(24)15(21-26-12(2)23)10-11-25-20(14)18/h4-10,21H,3,11H2,1-2H3. The second kappa shape index (κ2) is 6.22. The molecule has 2 aromatic carbocycles. The van der Waals surface area contributed by atoms with Gasteiger partial charge >= 0.3 is 5.97 Å². The number of carbonyl (C=O) groups excluding carboxylic acids is 2. The van der Waals surface area contributed by atoms with Gasteiger partial charge < -0.3 is 14.1 Å². The van der Waals surface area contributed by atoms with Crippen molar-refractivity contribution in [3.63, 3.8) is 0 Å². The van der Waals surface area contributed by atoms with E-state index in [1.54, 1.807) is 12.1 Å². The Hall–Kier alpha value is -3.28. The zero-order chi connectivity index (χ0) is 18.3. The molecule has 1 aliphatic rings. The second-order valence-corrected chi connectivity index (χ2v) is 6.05. The topological polar surface area (TPSA) is 69.6 Å². The lowest BCUT2D eigenvalue weighted by atomic mass is 10.0. The van der Waals surface area contributed by atoms with E-state index in [0.29, 0.717) is 11.3 Å². The number of fused-ring (bicyclic) bond motifs is 5. The van der Waals surface area contributed by atoms with E-state index in [9.17, 15) is 9.59 Å². The van der Waals surface area contributed by atoms with Gasteiger partial charge in [0.15, 0.2) is 0 Å². The maximum atomic E-state index is 12.9. The van der Waals surface area contributed by atoms with Gasteiger partial charge in [0.25, 0.3) is 0 Å². The van der Waals surface area contributed by atoms with Crippen LogP contribution in [0.3, 0.4) is 0 Å². The molecule has 132 valence electrons. The molecule has 0 saturated carbocycles. The zero-order valence-corrected chi connectivity index (χ0v) is 14.5. The number of hydrogen-bond donors (Lipinski definition) is 1. The van der Waals surface area contributed by atoms with Gasteiger partial charge in [0, 0.05) is 24.4 Å². The lowest BCUT2D eigenvalue weighted by molar-refractivity contribution is -0.146. The summed E-state index contributed by atoms with van der Waals surface area (Å²) < 4.78 is 8.15. The summed E-state index contributed by atoms with van der Waals surface area (Å²) in [6, 6.07) is 11.8. The Bertz CT molecular complexity index is 1080. The molecule has 4 rings (SSSR count). The number of allylic oxidation sites excluding steroid dienone is 1. The number of ketones is 1. The van der Waals surface area contributed by atoms with E-state index < -0.39 is 5.97 Å². The highest BCUT2D eigenvalue weighted by Gasteiger charge is 2.25. The minimum atomic E-state index is -0.523. The van der Waals surface area contributed by atoms with Crippen LogP contribution in [0.15, 0.2) is 48.2 Å². The van der Waals surface area contributed by atoms with E-state index in [4.69, 9.17) is 9.57 Å². The Kier molecular flexibility index (Phi) is 3.88. The normalized spacial score (nSPS) is 13.8. The highest BCUT2D eigenvalue weighted by Crippen LogP contribution is 2.39. The number of rotatable bonds is 3. The zero-order valence-electron chi connectivity index (χ0n) is 14.5. The average molecular weight is 350 g/mol. The number of ether oxygens (including phenoxy) is 1. The van der Waals surface area contributed by atoms with Crippen LogP contribution < -0.4 is 10.2 Å². The lowest BCUT2D eigenvalue weighted by Gasteiger charge is -2.10. The number of para-hydroxylation sites is 1. The first-order valence-electron chi connectivity index (χ1n) is 8.46. The van der Waals surface area contributed by atoms with Gasteiger partial charge in [0.1, 0.15) is 18.1 Å². The third-order valence-corrected chi connectivity index (χ3v) is 4.52. The van der Waals surface area contributed by atoms with E-state index in [0.717, 1.165) is 28.4 Å². The number of nitrogens with one attached hydrogen (secondary N) is 1. The number of carbonyl (C=O) groups is 2. The first-order valence-corrected chi connectivity index (χ1v) is 8.46. The molecule has 0 saturated heterocycles. The molecule has 1 aliphatic heterocycles. The van der Waals surface area contributed by atoms with Crippen molar-refractivity contribution in [2.45, 2.75) is 20.4 Å². The van der Waals surface area contributed by atoms with E-state index in [2.05, 4.69) is 23.0 Å². The van der Waals surface area contributed by atoms with Crippen molar-refractivity contribution in [1.29, 1.82) is 0 Å². The Morgan fingerprint density at radius 3 is 2.81 bits per heavy atom. The van der Waals surface area contributed by atoms with Crippen molar-refractivity contribution >= 4 is 33.6 Å². The predicted octanol–water partition coefficient (Wildman–Crippen LogP) is 3.34. The van der Waals surface area contributed by atoms with Crippen LogP contribution in [0.5, 0.6) is 5.75 Å². The molecule has 6 nitrogen and oxygen atoms in total. The van der Waals surface area contributed by atoms with Crippen LogP contribution in [-0.4, -0.2) is 22.9 Å². The quantitative estimate of drug-likeness (QED) is 0.734.